The third-order valence-electron chi connectivity index (χ3n) is 6.53. The van der Waals surface area contributed by atoms with E-state index in [1.807, 2.05) is 6.08 Å². The van der Waals surface area contributed by atoms with Crippen molar-refractivity contribution in [3.63, 3.8) is 0 Å². The quantitative estimate of drug-likeness (QED) is 0.586. The second kappa shape index (κ2) is 9.98. The van der Waals surface area contributed by atoms with Gasteiger partial charge in [-0.1, -0.05) is 18.7 Å². The summed E-state index contributed by atoms with van der Waals surface area (Å²) in [7, 11) is 0. The van der Waals surface area contributed by atoms with Crippen molar-refractivity contribution in [2.45, 2.75) is 57.8 Å². The van der Waals surface area contributed by atoms with Gasteiger partial charge in [0.1, 0.15) is 11.6 Å². The predicted octanol–water partition coefficient (Wildman–Crippen LogP) is 5.46. The number of anilines is 1. The van der Waals surface area contributed by atoms with Gasteiger partial charge in [0.25, 0.3) is 0 Å². The van der Waals surface area contributed by atoms with Crippen LogP contribution in [-0.2, 0) is 19.4 Å². The van der Waals surface area contributed by atoms with Crippen molar-refractivity contribution in [1.29, 1.82) is 5.26 Å². The van der Waals surface area contributed by atoms with E-state index in [0.29, 0.717) is 11.5 Å². The van der Waals surface area contributed by atoms with Gasteiger partial charge in [-0.2, -0.15) is 18.4 Å². The minimum atomic E-state index is -4.24. The molecule has 0 unspecified atom stereocenters. The van der Waals surface area contributed by atoms with Crippen LogP contribution >= 0.6 is 0 Å². The topological polar surface area (TPSA) is 64.8 Å². The first-order chi connectivity index (χ1) is 16.2. The van der Waals surface area contributed by atoms with Crippen molar-refractivity contribution >= 4 is 18.0 Å². The van der Waals surface area contributed by atoms with Crippen molar-refractivity contribution in [3.8, 4) is 6.07 Å². The summed E-state index contributed by atoms with van der Waals surface area (Å²) in [5, 5.41) is 12.6. The normalized spacial score (nSPS) is 16.6. The Hall–Kier alpha value is -3.18. The van der Waals surface area contributed by atoms with E-state index < -0.39 is 12.6 Å². The van der Waals surface area contributed by atoms with Crippen molar-refractivity contribution in [1.82, 2.24) is 14.9 Å². The molecule has 1 aromatic heterocycles. The summed E-state index contributed by atoms with van der Waals surface area (Å²) >= 11 is 0. The second-order valence-electron chi connectivity index (χ2n) is 8.99. The fourth-order valence-electron chi connectivity index (χ4n) is 4.61. The van der Waals surface area contributed by atoms with Gasteiger partial charge >= 0.3 is 6.18 Å². The second-order valence-corrected chi connectivity index (χ2v) is 8.99. The van der Waals surface area contributed by atoms with Gasteiger partial charge in [-0.3, -0.25) is 4.90 Å². The lowest BCUT2D eigenvalue weighted by molar-refractivity contribution is -0.134. The molecule has 178 valence electrons. The first kappa shape index (κ1) is 24.0. The largest absolute Gasteiger partial charge is 0.389 e. The number of nitriles is 1. The Labute approximate surface area is 198 Å². The Balaban J connectivity index is 1.35. The number of nitrogens with one attached hydrogen (secondary N) is 1. The first-order valence-corrected chi connectivity index (χ1v) is 11.5. The maximum Gasteiger partial charge on any atom is 0.389 e. The molecule has 0 atom stereocenters. The summed E-state index contributed by atoms with van der Waals surface area (Å²) in [4.78, 5) is 10.9. The molecule has 1 saturated heterocycles. The molecule has 4 rings (SSSR count). The van der Waals surface area contributed by atoms with E-state index in [1.165, 1.54) is 28.3 Å². The van der Waals surface area contributed by atoms with Crippen LogP contribution in [0.25, 0.3) is 12.2 Å². The van der Waals surface area contributed by atoms with Crippen LogP contribution in [0.5, 0.6) is 0 Å². The molecule has 1 aliphatic heterocycles. The van der Waals surface area contributed by atoms with Crippen LogP contribution in [0.3, 0.4) is 0 Å². The Kier molecular flexibility index (Phi) is 7.03. The summed E-state index contributed by atoms with van der Waals surface area (Å²) in [6.45, 7) is 8.50. The number of aryl methyl sites for hydroxylation is 1. The molecule has 0 spiro atoms. The average molecular weight is 468 g/mol. The number of benzene rings is 1. The lowest BCUT2D eigenvalue weighted by atomic mass is 9.97. The molecule has 1 fully saturated rings. The van der Waals surface area contributed by atoms with Gasteiger partial charge in [0.05, 0.1) is 18.2 Å². The van der Waals surface area contributed by atoms with Gasteiger partial charge in [-0.25, -0.2) is 9.97 Å². The molecule has 1 aliphatic carbocycles. The number of fused-ring (bicyclic) bond motifs is 1. The van der Waals surface area contributed by atoms with Gasteiger partial charge in [-0.15, -0.1) is 0 Å². The molecule has 1 aromatic carbocycles. The lowest BCUT2D eigenvalue weighted by Crippen LogP contribution is -2.39. The Bertz CT molecular complexity index is 1140. The van der Waals surface area contributed by atoms with Crippen LogP contribution in [0.2, 0.25) is 0 Å². The predicted molar refractivity (Wildman–Crippen MR) is 127 cm³/mol. The number of allylic oxidation sites excluding steroid dienone is 1. The van der Waals surface area contributed by atoms with Gasteiger partial charge in [0.2, 0.25) is 0 Å². The smallest absolute Gasteiger partial charge is 0.367 e. The molecule has 0 amide bonds. The molecule has 8 heteroatoms. The van der Waals surface area contributed by atoms with Crippen molar-refractivity contribution in [2.75, 3.05) is 18.4 Å². The number of hydrogen-bond donors (Lipinski definition) is 1. The van der Waals surface area contributed by atoms with E-state index in [1.54, 1.807) is 6.07 Å². The highest BCUT2D eigenvalue weighted by molar-refractivity contribution is 5.70. The summed E-state index contributed by atoms with van der Waals surface area (Å²) < 4.78 is 37.8. The maximum atomic E-state index is 12.6. The fraction of sp³-hybridized carbons (Fsp3) is 0.423. The van der Waals surface area contributed by atoms with Crippen LogP contribution in [0, 0.1) is 18.3 Å². The minimum absolute atomic E-state index is 0.176. The van der Waals surface area contributed by atoms with Crippen molar-refractivity contribution in [2.24, 2.45) is 0 Å². The molecule has 34 heavy (non-hydrogen) atoms. The highest BCUT2D eigenvalue weighted by Crippen LogP contribution is 2.30. The lowest BCUT2D eigenvalue weighted by Gasteiger charge is -2.33. The number of rotatable bonds is 7. The standard InChI is InChI=1S/C26H28F3N5/c1-3-21-14-25(33-24(31-21)6-9-26(27,28)29)32-22-7-10-34(11-8-22)16-20-5-4-19-12-18(15-30)13-23(19)17(20)2/h3-5,13-14,22H,1,6-12,16H2,2H3,(H,31,32,33). The molecular weight excluding hydrogens is 439 g/mol. The third-order valence-corrected chi connectivity index (χ3v) is 6.53. The zero-order valence-corrected chi connectivity index (χ0v) is 19.3. The molecule has 0 bridgehead atoms. The number of piperidine rings is 1. The van der Waals surface area contributed by atoms with E-state index >= 15 is 0 Å². The Morgan fingerprint density at radius 2 is 2.03 bits per heavy atom. The maximum absolute atomic E-state index is 12.6. The van der Waals surface area contributed by atoms with Crippen LogP contribution < -0.4 is 5.32 Å². The molecular formula is C26H28F3N5. The first-order valence-electron chi connectivity index (χ1n) is 11.5. The van der Waals surface area contributed by atoms with E-state index in [9.17, 15) is 18.4 Å². The Morgan fingerprint density at radius 1 is 1.26 bits per heavy atom. The van der Waals surface area contributed by atoms with E-state index in [0.717, 1.165) is 44.5 Å². The van der Waals surface area contributed by atoms with Crippen LogP contribution in [0.15, 0.2) is 30.4 Å². The highest BCUT2D eigenvalue weighted by atomic mass is 19.4. The number of nitrogens with zero attached hydrogens (tertiary/aromatic N) is 4. The summed E-state index contributed by atoms with van der Waals surface area (Å²) in [5.41, 5.74) is 6.27. The zero-order valence-electron chi connectivity index (χ0n) is 19.3. The molecule has 2 aliphatic rings. The van der Waals surface area contributed by atoms with E-state index in [2.05, 4.69) is 51.9 Å². The van der Waals surface area contributed by atoms with Crippen molar-refractivity contribution in [3.05, 3.63) is 64.1 Å². The van der Waals surface area contributed by atoms with E-state index in [4.69, 9.17) is 0 Å². The van der Waals surface area contributed by atoms with Crippen molar-refractivity contribution < 1.29 is 13.2 Å². The number of hydrogen-bond acceptors (Lipinski definition) is 5. The van der Waals surface area contributed by atoms with Crippen LogP contribution in [0.1, 0.15) is 53.0 Å². The minimum Gasteiger partial charge on any atom is -0.367 e. The summed E-state index contributed by atoms with van der Waals surface area (Å²) in [5.74, 6) is 0.727. The summed E-state index contributed by atoms with van der Waals surface area (Å²) in [6.07, 6.45) is 0.650. The average Bonchev–Trinajstić information content (AvgIpc) is 3.24. The van der Waals surface area contributed by atoms with Gasteiger partial charge in [0, 0.05) is 50.2 Å². The molecule has 5 nitrogen and oxygen atoms in total. The number of aromatic nitrogens is 2. The molecule has 2 aromatic rings. The molecule has 0 radical (unpaired) electrons. The fourth-order valence-corrected chi connectivity index (χ4v) is 4.61. The van der Waals surface area contributed by atoms with Gasteiger partial charge in [0.15, 0.2) is 0 Å². The SMILES string of the molecule is C=Cc1cc(NC2CCN(Cc3ccc4c(c3C)C=C(C#N)C4)CC2)nc(CCC(F)(F)F)n1. The van der Waals surface area contributed by atoms with Gasteiger partial charge < -0.3 is 5.32 Å². The number of halogens is 3. The molecule has 0 saturated carbocycles. The molecule has 2 heterocycles. The van der Waals surface area contributed by atoms with Crippen LogP contribution in [-0.4, -0.2) is 40.2 Å². The van der Waals surface area contributed by atoms with Gasteiger partial charge in [-0.05, 0) is 54.2 Å². The molecule has 1 N–H and O–H groups in total. The Morgan fingerprint density at radius 3 is 2.71 bits per heavy atom. The van der Waals surface area contributed by atoms with Crippen LogP contribution in [0.4, 0.5) is 19.0 Å². The number of alkyl halides is 3. The highest BCUT2D eigenvalue weighted by Gasteiger charge is 2.27. The summed E-state index contributed by atoms with van der Waals surface area (Å²) in [6, 6.07) is 8.50. The van der Waals surface area contributed by atoms with E-state index in [-0.39, 0.29) is 18.3 Å². The zero-order chi connectivity index (χ0) is 24.3. The monoisotopic (exact) mass is 467 g/mol. The third kappa shape index (κ3) is 5.84. The number of likely N-dealkylation sites (tertiary alicyclic amines) is 1.